The van der Waals surface area contributed by atoms with Crippen molar-refractivity contribution >= 4 is 7.82 Å². The molecule has 0 unspecified atom stereocenters. The van der Waals surface area contributed by atoms with E-state index in [1.165, 1.54) is 116 Å². The van der Waals surface area contributed by atoms with Crippen LogP contribution in [-0.2, 0) is 9.30 Å². The summed E-state index contributed by atoms with van der Waals surface area (Å²) in [7, 11) is -4.64. The summed E-state index contributed by atoms with van der Waals surface area (Å²) in [6.07, 6.45) is 25.3. The van der Waals surface area contributed by atoms with E-state index in [4.69, 9.17) is 24.0 Å². The van der Waals surface area contributed by atoms with Crippen LogP contribution in [0, 0.1) is 11.8 Å². The van der Waals surface area contributed by atoms with Gasteiger partial charge in [0.1, 0.15) is 0 Å². The van der Waals surface area contributed by atoms with Crippen molar-refractivity contribution in [3.8, 4) is 0 Å². The first-order valence-corrected chi connectivity index (χ1v) is 15.1. The highest BCUT2D eigenvalue weighted by Gasteiger charge is 2.00. The Labute approximate surface area is 200 Å². The fraction of sp³-hybridized carbons (Fsp3) is 1.00. The van der Waals surface area contributed by atoms with Crippen LogP contribution in [0.2, 0.25) is 0 Å². The van der Waals surface area contributed by atoms with Crippen LogP contribution >= 0.6 is 7.82 Å². The average molecular weight is 481 g/mol. The fourth-order valence-corrected chi connectivity index (χ4v) is 3.74. The number of hydrogen-bond donors (Lipinski definition) is 3. The number of phosphoric acid groups is 1. The minimum absolute atomic E-state index is 0.884. The minimum Gasteiger partial charge on any atom is -0.381 e. The standard InChI is InChI=1S/C26H54O.H3O4P/c1-25(2)21-17-13-9-5-7-11-15-19-23-27-24-20-16-12-8-6-10-14-18-22-26(3)4;1-5(2,3)4/h25-26H,5-24H2,1-4H3;(H3,1,2,3,4). The van der Waals surface area contributed by atoms with Gasteiger partial charge in [0, 0.05) is 13.2 Å². The van der Waals surface area contributed by atoms with Crippen LogP contribution in [0.5, 0.6) is 0 Å². The first-order valence-electron chi connectivity index (χ1n) is 13.5. The van der Waals surface area contributed by atoms with Gasteiger partial charge in [-0.25, -0.2) is 4.57 Å². The summed E-state index contributed by atoms with van der Waals surface area (Å²) in [5, 5.41) is 0. The van der Waals surface area contributed by atoms with E-state index in [-0.39, 0.29) is 0 Å². The Kier molecular flexibility index (Phi) is 27.5. The summed E-state index contributed by atoms with van der Waals surface area (Å²) in [6.45, 7) is 11.3. The largest absolute Gasteiger partial charge is 0.466 e. The van der Waals surface area contributed by atoms with Crippen molar-refractivity contribution < 1.29 is 24.0 Å². The third kappa shape index (κ3) is 43.9. The second-order valence-corrected chi connectivity index (χ2v) is 11.2. The van der Waals surface area contributed by atoms with E-state index < -0.39 is 7.82 Å². The second-order valence-electron chi connectivity index (χ2n) is 10.1. The lowest BCUT2D eigenvalue weighted by Crippen LogP contribution is -1.97. The van der Waals surface area contributed by atoms with Crippen molar-refractivity contribution in [2.45, 2.75) is 143 Å². The molecule has 0 rings (SSSR count). The molecule has 0 aliphatic heterocycles. The molecular weight excluding hydrogens is 423 g/mol. The molecule has 0 spiro atoms. The van der Waals surface area contributed by atoms with Gasteiger partial charge in [-0.15, -0.1) is 0 Å². The molecule has 5 nitrogen and oxygen atoms in total. The topological polar surface area (TPSA) is 87.0 Å². The van der Waals surface area contributed by atoms with Crippen molar-refractivity contribution in [3.05, 3.63) is 0 Å². The normalized spacial score (nSPS) is 11.8. The predicted molar refractivity (Wildman–Crippen MR) is 138 cm³/mol. The number of hydrogen-bond acceptors (Lipinski definition) is 2. The number of rotatable bonds is 22. The maximum Gasteiger partial charge on any atom is 0.466 e. The molecule has 3 N–H and O–H groups in total. The second kappa shape index (κ2) is 25.7. The third-order valence-corrected chi connectivity index (χ3v) is 5.64. The molecule has 0 aliphatic carbocycles. The summed E-state index contributed by atoms with van der Waals surface area (Å²) in [6, 6.07) is 0. The van der Waals surface area contributed by atoms with Gasteiger partial charge in [-0.1, -0.05) is 130 Å². The van der Waals surface area contributed by atoms with Crippen LogP contribution in [0.25, 0.3) is 0 Å². The van der Waals surface area contributed by atoms with E-state index in [0.29, 0.717) is 0 Å². The Bertz CT molecular complexity index is 361. The fourth-order valence-electron chi connectivity index (χ4n) is 3.74. The van der Waals surface area contributed by atoms with Gasteiger partial charge in [0.15, 0.2) is 0 Å². The quantitative estimate of drug-likeness (QED) is 0.107. The Hall–Kier alpha value is 0.0700. The van der Waals surface area contributed by atoms with Crippen molar-refractivity contribution in [1.82, 2.24) is 0 Å². The Morgan fingerprint density at radius 2 is 0.719 bits per heavy atom. The van der Waals surface area contributed by atoms with E-state index >= 15 is 0 Å². The molecule has 6 heteroatoms. The summed E-state index contributed by atoms with van der Waals surface area (Å²) in [4.78, 5) is 21.6. The lowest BCUT2D eigenvalue weighted by molar-refractivity contribution is 0.125. The maximum absolute atomic E-state index is 8.88. The third-order valence-electron chi connectivity index (χ3n) is 5.64. The molecule has 196 valence electrons. The van der Waals surface area contributed by atoms with E-state index in [1.807, 2.05) is 0 Å². The molecule has 0 aromatic carbocycles. The van der Waals surface area contributed by atoms with Gasteiger partial charge < -0.3 is 19.4 Å². The molecule has 0 aromatic heterocycles. The molecule has 0 aromatic rings. The molecular formula is C26H57O5P. The van der Waals surface area contributed by atoms with Crippen molar-refractivity contribution in [2.24, 2.45) is 11.8 Å². The minimum atomic E-state index is -4.64. The highest BCUT2D eigenvalue weighted by molar-refractivity contribution is 7.45. The van der Waals surface area contributed by atoms with Gasteiger partial charge in [-0.05, 0) is 24.7 Å². The molecule has 32 heavy (non-hydrogen) atoms. The van der Waals surface area contributed by atoms with Crippen LogP contribution in [0.3, 0.4) is 0 Å². The lowest BCUT2D eigenvalue weighted by atomic mass is 10.0. The molecule has 0 radical (unpaired) electrons. The SMILES string of the molecule is CC(C)CCCCCCCCCCOCCCCCCCCCCC(C)C.O=P(O)(O)O. The number of unbranched alkanes of at least 4 members (excludes halogenated alkanes) is 14. The van der Waals surface area contributed by atoms with Gasteiger partial charge in [0.25, 0.3) is 0 Å². The van der Waals surface area contributed by atoms with Crippen molar-refractivity contribution in [3.63, 3.8) is 0 Å². The van der Waals surface area contributed by atoms with E-state index in [9.17, 15) is 0 Å². The number of ether oxygens (including phenoxy) is 1. The first kappa shape index (κ1) is 34.2. The van der Waals surface area contributed by atoms with Crippen LogP contribution < -0.4 is 0 Å². The van der Waals surface area contributed by atoms with Gasteiger partial charge in [0.05, 0.1) is 0 Å². The van der Waals surface area contributed by atoms with Crippen LogP contribution in [0.1, 0.15) is 143 Å². The summed E-state index contributed by atoms with van der Waals surface area (Å²) in [5.41, 5.74) is 0. The molecule has 0 fully saturated rings. The van der Waals surface area contributed by atoms with Gasteiger partial charge in [0.2, 0.25) is 0 Å². The van der Waals surface area contributed by atoms with E-state index in [1.54, 1.807) is 0 Å². The highest BCUT2D eigenvalue weighted by Crippen LogP contribution is 2.25. The Morgan fingerprint density at radius 1 is 0.500 bits per heavy atom. The zero-order valence-corrected chi connectivity index (χ0v) is 22.8. The van der Waals surface area contributed by atoms with Crippen LogP contribution in [0.4, 0.5) is 0 Å². The zero-order valence-electron chi connectivity index (χ0n) is 21.9. The summed E-state index contributed by atoms with van der Waals surface area (Å²) >= 11 is 0. The van der Waals surface area contributed by atoms with Crippen molar-refractivity contribution in [2.75, 3.05) is 13.2 Å². The lowest BCUT2D eigenvalue weighted by Gasteiger charge is -2.06. The van der Waals surface area contributed by atoms with Crippen LogP contribution in [-0.4, -0.2) is 27.9 Å². The van der Waals surface area contributed by atoms with Gasteiger partial charge >= 0.3 is 7.82 Å². The molecule has 0 amide bonds. The molecule has 0 saturated carbocycles. The van der Waals surface area contributed by atoms with Gasteiger partial charge in [-0.3, -0.25) is 0 Å². The van der Waals surface area contributed by atoms with E-state index in [0.717, 1.165) is 25.0 Å². The average Bonchev–Trinajstić information content (AvgIpc) is 2.67. The molecule has 0 heterocycles. The monoisotopic (exact) mass is 480 g/mol. The highest BCUT2D eigenvalue weighted by atomic mass is 31.2. The zero-order chi connectivity index (χ0) is 24.5. The Morgan fingerprint density at radius 3 is 0.969 bits per heavy atom. The molecule has 0 atom stereocenters. The molecule has 0 bridgehead atoms. The van der Waals surface area contributed by atoms with Crippen LogP contribution in [0.15, 0.2) is 0 Å². The van der Waals surface area contributed by atoms with E-state index in [2.05, 4.69) is 27.7 Å². The van der Waals surface area contributed by atoms with Crippen molar-refractivity contribution in [1.29, 1.82) is 0 Å². The Balaban J connectivity index is 0. The smallest absolute Gasteiger partial charge is 0.381 e. The first-order chi connectivity index (χ1) is 15.1. The molecule has 0 aliphatic rings. The summed E-state index contributed by atoms with van der Waals surface area (Å²) in [5.74, 6) is 1.77. The van der Waals surface area contributed by atoms with Gasteiger partial charge in [-0.2, -0.15) is 0 Å². The maximum atomic E-state index is 8.88. The predicted octanol–water partition coefficient (Wildman–Crippen LogP) is 8.41. The molecule has 0 saturated heterocycles. The summed E-state index contributed by atoms with van der Waals surface area (Å²) < 4.78 is 14.7.